The number of aromatic nitrogens is 2. The van der Waals surface area contributed by atoms with Gasteiger partial charge in [-0.25, -0.2) is 4.79 Å². The Morgan fingerprint density at radius 3 is 2.67 bits per heavy atom. The van der Waals surface area contributed by atoms with Crippen LogP contribution in [-0.4, -0.2) is 88.9 Å². The molecular weight excluding hydrogens is 346 g/mol. The minimum Gasteiger partial charge on any atom is -0.441 e. The van der Waals surface area contributed by atoms with Gasteiger partial charge in [-0.2, -0.15) is 5.10 Å². The third-order valence-electron chi connectivity index (χ3n) is 5.55. The molecule has 2 aliphatic heterocycles. The van der Waals surface area contributed by atoms with Gasteiger partial charge in [0.05, 0.1) is 12.7 Å². The Morgan fingerprint density at radius 1 is 1.37 bits per heavy atom. The number of carbonyl (C=O) groups excluding carboxylic acids is 2. The maximum Gasteiger partial charge on any atom is 0.410 e. The summed E-state index contributed by atoms with van der Waals surface area (Å²) in [4.78, 5) is 30.8. The van der Waals surface area contributed by atoms with Gasteiger partial charge in [0.25, 0.3) is 0 Å². The largest absolute Gasteiger partial charge is 0.441 e. The number of ether oxygens (including phenoxy) is 1. The smallest absolute Gasteiger partial charge is 0.410 e. The number of nitrogens with zero attached hydrogens (tertiary/aromatic N) is 5. The Balaban J connectivity index is 1.52. The van der Waals surface area contributed by atoms with E-state index in [2.05, 4.69) is 10.00 Å². The molecule has 2 saturated heterocycles. The van der Waals surface area contributed by atoms with Gasteiger partial charge in [-0.1, -0.05) is 0 Å². The van der Waals surface area contributed by atoms with Crippen LogP contribution in [0.1, 0.15) is 37.8 Å². The van der Waals surface area contributed by atoms with Crippen LogP contribution in [-0.2, 0) is 9.53 Å². The fourth-order valence-electron chi connectivity index (χ4n) is 3.86. The van der Waals surface area contributed by atoms with Gasteiger partial charge >= 0.3 is 6.09 Å². The Morgan fingerprint density at radius 2 is 2.07 bits per heavy atom. The van der Waals surface area contributed by atoms with Gasteiger partial charge in [-0.15, -0.1) is 0 Å². The highest BCUT2D eigenvalue weighted by atomic mass is 16.6. The number of piperidine rings is 1. The molecule has 1 atom stereocenters. The topological polar surface area (TPSA) is 70.9 Å². The molecule has 3 rings (SSSR count). The van der Waals surface area contributed by atoms with E-state index in [4.69, 9.17) is 4.74 Å². The molecule has 2 fully saturated rings. The molecule has 0 aromatic carbocycles. The third kappa shape index (κ3) is 4.43. The second-order valence-electron chi connectivity index (χ2n) is 8.13. The fraction of sp³-hybridized carbons (Fsp3) is 0.737. The molecular formula is C19H31N5O3. The number of aryl methyl sites for hydroxylation is 1. The van der Waals surface area contributed by atoms with Gasteiger partial charge in [0.2, 0.25) is 5.91 Å². The van der Waals surface area contributed by atoms with Crippen molar-refractivity contribution in [1.82, 2.24) is 24.5 Å². The maximum atomic E-state index is 12.8. The normalized spacial score (nSPS) is 20.4. The van der Waals surface area contributed by atoms with Crippen LogP contribution in [0.5, 0.6) is 0 Å². The molecule has 8 heteroatoms. The molecule has 0 saturated carbocycles. The quantitative estimate of drug-likeness (QED) is 0.752. The number of carbonyl (C=O) groups is 2. The van der Waals surface area contributed by atoms with Crippen LogP contribution in [0.3, 0.4) is 0 Å². The lowest BCUT2D eigenvalue weighted by molar-refractivity contribution is -0.138. The Kier molecular flexibility index (Phi) is 5.74. The number of rotatable bonds is 6. The molecule has 1 spiro atoms. The highest BCUT2D eigenvalue weighted by molar-refractivity contribution is 5.80. The van der Waals surface area contributed by atoms with Crippen LogP contribution in [0.15, 0.2) is 12.4 Å². The minimum absolute atomic E-state index is 0.0695. The van der Waals surface area contributed by atoms with E-state index in [1.54, 1.807) is 10.9 Å². The first kappa shape index (κ1) is 19.7. The van der Waals surface area contributed by atoms with Crippen molar-refractivity contribution >= 4 is 12.0 Å². The van der Waals surface area contributed by atoms with E-state index in [0.717, 1.165) is 25.1 Å². The number of hydrogen-bond acceptors (Lipinski definition) is 5. The first-order valence-electron chi connectivity index (χ1n) is 9.72. The van der Waals surface area contributed by atoms with Crippen LogP contribution in [0, 0.1) is 6.92 Å². The summed E-state index contributed by atoms with van der Waals surface area (Å²) in [5, 5.41) is 4.25. The summed E-state index contributed by atoms with van der Waals surface area (Å²) >= 11 is 0. The molecule has 0 aliphatic carbocycles. The monoisotopic (exact) mass is 377 g/mol. The van der Waals surface area contributed by atoms with Crippen LogP contribution in [0.2, 0.25) is 0 Å². The van der Waals surface area contributed by atoms with E-state index in [1.807, 2.05) is 43.9 Å². The molecule has 0 unspecified atom stereocenters. The summed E-state index contributed by atoms with van der Waals surface area (Å²) in [7, 11) is 4.06. The molecule has 2 amide bonds. The SMILES string of the molecule is Cc1cnn([C@@H](C)C(=O)N2CCC3(CC2)CN(CCCN(C)C)C(=O)O3)c1. The zero-order valence-corrected chi connectivity index (χ0v) is 16.8. The zero-order valence-electron chi connectivity index (χ0n) is 16.8. The first-order valence-corrected chi connectivity index (χ1v) is 9.72. The van der Waals surface area contributed by atoms with Gasteiger partial charge in [-0.05, 0) is 46.5 Å². The maximum absolute atomic E-state index is 12.8. The average Bonchev–Trinajstić information content (AvgIpc) is 3.18. The lowest BCUT2D eigenvalue weighted by atomic mass is 9.91. The standard InChI is InChI=1S/C19H31N5O3/c1-15-12-20-24(13-15)16(2)17(25)22-10-6-19(7-11-22)14-23(18(26)27-19)9-5-8-21(3)4/h12-13,16H,5-11,14H2,1-4H3/t16-/m0/s1. The number of amides is 2. The van der Waals surface area contributed by atoms with E-state index in [0.29, 0.717) is 32.5 Å². The predicted molar refractivity (Wildman–Crippen MR) is 101 cm³/mol. The summed E-state index contributed by atoms with van der Waals surface area (Å²) in [6, 6.07) is -0.318. The number of hydrogen-bond donors (Lipinski definition) is 0. The summed E-state index contributed by atoms with van der Waals surface area (Å²) in [5.41, 5.74) is 0.608. The molecule has 3 heterocycles. The van der Waals surface area contributed by atoms with Crippen molar-refractivity contribution in [3.63, 3.8) is 0 Å². The molecule has 150 valence electrons. The van der Waals surface area contributed by atoms with Crippen molar-refractivity contribution in [2.45, 2.75) is 44.8 Å². The molecule has 0 bridgehead atoms. The van der Waals surface area contributed by atoms with Crippen LogP contribution in [0.25, 0.3) is 0 Å². The molecule has 27 heavy (non-hydrogen) atoms. The van der Waals surface area contributed by atoms with Gasteiger partial charge in [0.1, 0.15) is 11.6 Å². The van der Waals surface area contributed by atoms with Crippen LogP contribution in [0.4, 0.5) is 4.79 Å². The fourth-order valence-corrected chi connectivity index (χ4v) is 3.86. The predicted octanol–water partition coefficient (Wildman–Crippen LogP) is 1.52. The van der Waals surface area contributed by atoms with E-state index >= 15 is 0 Å². The second kappa shape index (κ2) is 7.88. The van der Waals surface area contributed by atoms with Crippen LogP contribution < -0.4 is 0 Å². The van der Waals surface area contributed by atoms with Gasteiger partial charge < -0.3 is 19.4 Å². The molecule has 1 aromatic heterocycles. The summed E-state index contributed by atoms with van der Waals surface area (Å²) in [6.07, 6.45) is 5.76. The van der Waals surface area contributed by atoms with E-state index < -0.39 is 5.60 Å². The lowest BCUT2D eigenvalue weighted by Crippen LogP contribution is -2.50. The third-order valence-corrected chi connectivity index (χ3v) is 5.55. The van der Waals surface area contributed by atoms with Crippen molar-refractivity contribution in [1.29, 1.82) is 0 Å². The van der Waals surface area contributed by atoms with Crippen molar-refractivity contribution in [2.24, 2.45) is 0 Å². The van der Waals surface area contributed by atoms with Gasteiger partial charge in [-0.3, -0.25) is 9.48 Å². The van der Waals surface area contributed by atoms with Crippen LogP contribution >= 0.6 is 0 Å². The summed E-state index contributed by atoms with van der Waals surface area (Å²) in [6.45, 7) is 7.37. The van der Waals surface area contributed by atoms with E-state index in [9.17, 15) is 9.59 Å². The first-order chi connectivity index (χ1) is 12.8. The highest BCUT2D eigenvalue weighted by Gasteiger charge is 2.47. The second-order valence-corrected chi connectivity index (χ2v) is 8.13. The van der Waals surface area contributed by atoms with Crippen molar-refractivity contribution in [3.8, 4) is 0 Å². The van der Waals surface area contributed by atoms with Gasteiger partial charge in [0.15, 0.2) is 0 Å². The zero-order chi connectivity index (χ0) is 19.6. The molecule has 8 nitrogen and oxygen atoms in total. The molecule has 0 radical (unpaired) electrons. The molecule has 0 N–H and O–H groups in total. The van der Waals surface area contributed by atoms with Crippen molar-refractivity contribution in [3.05, 3.63) is 18.0 Å². The van der Waals surface area contributed by atoms with E-state index in [1.165, 1.54) is 0 Å². The lowest BCUT2D eigenvalue weighted by Gasteiger charge is -2.38. The van der Waals surface area contributed by atoms with Crippen molar-refractivity contribution < 1.29 is 14.3 Å². The Hall–Kier alpha value is -2.09. The van der Waals surface area contributed by atoms with Crippen molar-refractivity contribution in [2.75, 3.05) is 46.8 Å². The Bertz CT molecular complexity index is 679. The van der Waals surface area contributed by atoms with Gasteiger partial charge in [0, 0.05) is 38.7 Å². The molecule has 2 aliphatic rings. The average molecular weight is 377 g/mol. The number of likely N-dealkylation sites (tertiary alicyclic amines) is 1. The highest BCUT2D eigenvalue weighted by Crippen LogP contribution is 2.33. The summed E-state index contributed by atoms with van der Waals surface area (Å²) < 4.78 is 7.47. The summed E-state index contributed by atoms with van der Waals surface area (Å²) in [5.74, 6) is 0.0695. The Labute approximate surface area is 161 Å². The molecule has 1 aromatic rings. The minimum atomic E-state index is -0.433. The van der Waals surface area contributed by atoms with E-state index in [-0.39, 0.29) is 18.0 Å².